The summed E-state index contributed by atoms with van der Waals surface area (Å²) in [5.74, 6) is -0.745. The molecule has 23 heavy (non-hydrogen) atoms. The maximum Gasteiger partial charge on any atom is 0.278 e. The van der Waals surface area contributed by atoms with E-state index in [0.29, 0.717) is 11.3 Å². The van der Waals surface area contributed by atoms with Crippen molar-refractivity contribution in [3.63, 3.8) is 0 Å². The fourth-order valence-electron chi connectivity index (χ4n) is 2.03. The second kappa shape index (κ2) is 6.22. The van der Waals surface area contributed by atoms with E-state index >= 15 is 0 Å². The van der Waals surface area contributed by atoms with Gasteiger partial charge < -0.3 is 11.1 Å². The molecule has 0 bridgehead atoms. The summed E-state index contributed by atoms with van der Waals surface area (Å²) in [6.45, 7) is 0.260. The average Bonchev–Trinajstić information content (AvgIpc) is 2.97. The van der Waals surface area contributed by atoms with Crippen LogP contribution in [0.3, 0.4) is 0 Å². The molecule has 0 aliphatic carbocycles. The molecule has 0 atom stereocenters. The van der Waals surface area contributed by atoms with Gasteiger partial charge in [0.2, 0.25) is 0 Å². The van der Waals surface area contributed by atoms with Crippen LogP contribution in [0.2, 0.25) is 0 Å². The van der Waals surface area contributed by atoms with Crippen LogP contribution in [0, 0.1) is 5.82 Å². The number of anilines is 2. The Labute approximate surface area is 131 Å². The number of hydrogen-bond donors (Lipinski definition) is 2. The molecule has 1 aromatic carbocycles. The molecular weight excluding hydrogens is 299 g/mol. The second-order valence-electron chi connectivity index (χ2n) is 4.76. The number of carbonyl (C=O) groups excluding carboxylic acids is 1. The third kappa shape index (κ3) is 3.31. The van der Waals surface area contributed by atoms with Gasteiger partial charge in [-0.25, -0.2) is 14.4 Å². The lowest BCUT2D eigenvalue weighted by molar-refractivity contribution is 0.102. The first kappa shape index (κ1) is 14.6. The van der Waals surface area contributed by atoms with Crippen LogP contribution in [0.4, 0.5) is 15.9 Å². The van der Waals surface area contributed by atoms with Crippen molar-refractivity contribution >= 4 is 17.4 Å². The van der Waals surface area contributed by atoms with Crippen molar-refractivity contribution in [2.45, 2.75) is 6.54 Å². The molecule has 0 unspecified atom stereocenters. The summed E-state index contributed by atoms with van der Waals surface area (Å²) < 4.78 is 15.1. The van der Waals surface area contributed by atoms with E-state index in [9.17, 15) is 9.18 Å². The Balaban J connectivity index is 1.72. The third-order valence-electron chi connectivity index (χ3n) is 3.12. The largest absolute Gasteiger partial charge is 0.382 e. The van der Waals surface area contributed by atoms with Gasteiger partial charge in [-0.05, 0) is 6.07 Å². The van der Waals surface area contributed by atoms with Crippen molar-refractivity contribution in [3.05, 3.63) is 66.1 Å². The zero-order chi connectivity index (χ0) is 16.2. The Morgan fingerprint density at radius 2 is 2.04 bits per heavy atom. The lowest BCUT2D eigenvalue weighted by Crippen LogP contribution is -2.16. The van der Waals surface area contributed by atoms with Gasteiger partial charge in [-0.15, -0.1) is 0 Å². The monoisotopic (exact) mass is 312 g/mol. The van der Waals surface area contributed by atoms with Crippen molar-refractivity contribution in [3.8, 4) is 0 Å². The van der Waals surface area contributed by atoms with Crippen molar-refractivity contribution in [1.29, 1.82) is 0 Å². The molecule has 0 aliphatic heterocycles. The number of carbonyl (C=O) groups is 1. The Morgan fingerprint density at radius 1 is 1.26 bits per heavy atom. The highest BCUT2D eigenvalue weighted by molar-refractivity contribution is 6.05. The van der Waals surface area contributed by atoms with E-state index in [1.165, 1.54) is 29.3 Å². The highest BCUT2D eigenvalue weighted by atomic mass is 19.1. The number of nitrogens with zero attached hydrogens (tertiary/aromatic N) is 4. The van der Waals surface area contributed by atoms with Gasteiger partial charge in [0.05, 0.1) is 18.4 Å². The fourth-order valence-corrected chi connectivity index (χ4v) is 2.03. The first-order valence-corrected chi connectivity index (χ1v) is 6.77. The predicted octanol–water partition coefficient (Wildman–Crippen LogP) is 1.69. The topological polar surface area (TPSA) is 98.7 Å². The summed E-state index contributed by atoms with van der Waals surface area (Å²) in [6.07, 6.45) is 5.84. The molecule has 0 radical (unpaired) electrons. The Morgan fingerprint density at radius 3 is 2.83 bits per heavy atom. The molecule has 2 heterocycles. The highest BCUT2D eigenvalue weighted by Gasteiger charge is 2.13. The van der Waals surface area contributed by atoms with E-state index in [-0.39, 0.29) is 23.9 Å². The van der Waals surface area contributed by atoms with Crippen LogP contribution in [0.25, 0.3) is 0 Å². The number of nitrogens with one attached hydrogen (secondary N) is 1. The number of amides is 1. The average molecular weight is 312 g/mol. The zero-order valence-corrected chi connectivity index (χ0v) is 12.0. The van der Waals surface area contributed by atoms with Gasteiger partial charge in [0.25, 0.3) is 5.91 Å². The lowest BCUT2D eigenvalue weighted by Gasteiger charge is -2.04. The van der Waals surface area contributed by atoms with E-state index < -0.39 is 5.91 Å². The van der Waals surface area contributed by atoms with Gasteiger partial charge >= 0.3 is 0 Å². The molecule has 0 spiro atoms. The van der Waals surface area contributed by atoms with Gasteiger partial charge in [-0.3, -0.25) is 9.48 Å². The Hall–Kier alpha value is -3.29. The number of hydrogen-bond acceptors (Lipinski definition) is 5. The summed E-state index contributed by atoms with van der Waals surface area (Å²) in [4.78, 5) is 19.8. The summed E-state index contributed by atoms with van der Waals surface area (Å²) >= 11 is 0. The molecule has 8 heteroatoms. The maximum atomic E-state index is 13.6. The second-order valence-corrected chi connectivity index (χ2v) is 4.76. The van der Waals surface area contributed by atoms with Gasteiger partial charge in [0.1, 0.15) is 5.82 Å². The SMILES string of the molecule is Nc1nccnc1C(=O)Nc1cnn(Cc2ccccc2F)c1. The molecule has 3 N–H and O–H groups in total. The number of aromatic nitrogens is 4. The van der Waals surface area contributed by atoms with Crippen molar-refractivity contribution in [2.75, 3.05) is 11.1 Å². The number of benzene rings is 1. The summed E-state index contributed by atoms with van der Waals surface area (Å²) in [7, 11) is 0. The van der Waals surface area contributed by atoms with Gasteiger partial charge in [0.15, 0.2) is 11.5 Å². The molecule has 3 aromatic rings. The van der Waals surface area contributed by atoms with E-state index in [2.05, 4.69) is 20.4 Å². The predicted molar refractivity (Wildman–Crippen MR) is 82.1 cm³/mol. The molecule has 0 aliphatic rings. The van der Waals surface area contributed by atoms with Crippen molar-refractivity contribution in [1.82, 2.24) is 19.7 Å². The van der Waals surface area contributed by atoms with E-state index in [4.69, 9.17) is 5.73 Å². The Bertz CT molecular complexity index is 847. The number of halogens is 1. The van der Waals surface area contributed by atoms with E-state index in [0.717, 1.165) is 0 Å². The van der Waals surface area contributed by atoms with Crippen LogP contribution in [0.5, 0.6) is 0 Å². The number of rotatable bonds is 4. The van der Waals surface area contributed by atoms with Crippen molar-refractivity contribution < 1.29 is 9.18 Å². The minimum absolute atomic E-state index is 0.0364. The number of nitrogen functional groups attached to an aromatic ring is 1. The molecule has 0 saturated carbocycles. The molecule has 2 aromatic heterocycles. The molecule has 116 valence electrons. The van der Waals surface area contributed by atoms with Crippen LogP contribution in [-0.4, -0.2) is 25.7 Å². The van der Waals surface area contributed by atoms with Gasteiger partial charge in [-0.1, -0.05) is 18.2 Å². The third-order valence-corrected chi connectivity index (χ3v) is 3.12. The van der Waals surface area contributed by atoms with Crippen molar-refractivity contribution in [2.24, 2.45) is 0 Å². The molecule has 1 amide bonds. The molecular formula is C15H13FN6O. The van der Waals surface area contributed by atoms with Crippen LogP contribution < -0.4 is 11.1 Å². The van der Waals surface area contributed by atoms with Crippen LogP contribution in [0.15, 0.2) is 49.1 Å². The molecule has 3 rings (SSSR count). The summed E-state index contributed by atoms with van der Waals surface area (Å²) in [5, 5.41) is 6.71. The first-order valence-electron chi connectivity index (χ1n) is 6.77. The van der Waals surface area contributed by atoms with Gasteiger partial charge in [-0.2, -0.15) is 5.10 Å². The minimum Gasteiger partial charge on any atom is -0.382 e. The lowest BCUT2D eigenvalue weighted by atomic mass is 10.2. The quantitative estimate of drug-likeness (QED) is 0.764. The van der Waals surface area contributed by atoms with E-state index in [1.807, 2.05) is 0 Å². The molecule has 7 nitrogen and oxygen atoms in total. The van der Waals surface area contributed by atoms with Gasteiger partial charge in [0, 0.05) is 24.2 Å². The van der Waals surface area contributed by atoms with Crippen LogP contribution in [0.1, 0.15) is 16.1 Å². The normalized spacial score (nSPS) is 10.5. The summed E-state index contributed by atoms with van der Waals surface area (Å²) in [5.41, 5.74) is 6.60. The first-order chi connectivity index (χ1) is 11.1. The standard InChI is InChI=1S/C15H13FN6O/c16-12-4-2-1-3-10(12)8-22-9-11(7-20-22)21-15(23)13-14(17)19-6-5-18-13/h1-7,9H,8H2,(H2,17,19)(H,21,23). The van der Waals surface area contributed by atoms with E-state index in [1.54, 1.807) is 24.4 Å². The summed E-state index contributed by atoms with van der Waals surface area (Å²) in [6, 6.07) is 6.44. The smallest absolute Gasteiger partial charge is 0.278 e. The molecule has 0 saturated heterocycles. The zero-order valence-electron chi connectivity index (χ0n) is 12.0. The minimum atomic E-state index is -0.485. The molecule has 0 fully saturated rings. The number of nitrogens with two attached hydrogens (primary N) is 1. The van der Waals surface area contributed by atoms with Crippen LogP contribution in [-0.2, 0) is 6.54 Å². The highest BCUT2D eigenvalue weighted by Crippen LogP contribution is 2.12. The van der Waals surface area contributed by atoms with Crippen LogP contribution >= 0.6 is 0 Å². The Kier molecular flexibility index (Phi) is 3.96. The maximum absolute atomic E-state index is 13.6. The fraction of sp³-hybridized carbons (Fsp3) is 0.0667.